The average Bonchev–Trinajstić information content (AvgIpc) is 2.89. The highest BCUT2D eigenvalue weighted by atomic mass is 32.2. The smallest absolute Gasteiger partial charge is 0.216 e. The number of nitrogen functional groups attached to an aromatic ring is 1. The summed E-state index contributed by atoms with van der Waals surface area (Å²) in [5.74, 6) is -0.0834. The van der Waals surface area contributed by atoms with Crippen LogP contribution in [0.5, 0.6) is 0 Å². The number of aromatic nitrogens is 1. The van der Waals surface area contributed by atoms with E-state index in [-0.39, 0.29) is 11.8 Å². The van der Waals surface area contributed by atoms with Crippen LogP contribution < -0.4 is 10.5 Å². The highest BCUT2D eigenvalue weighted by Crippen LogP contribution is 2.20. The molecule has 1 aromatic carbocycles. The number of nitrogens with zero attached hydrogens (tertiary/aromatic N) is 1. The van der Waals surface area contributed by atoms with Gasteiger partial charge in [0.2, 0.25) is 10.0 Å². The quantitative estimate of drug-likeness (QED) is 0.802. The highest BCUT2D eigenvalue weighted by molar-refractivity contribution is 7.88. The van der Waals surface area contributed by atoms with Crippen LogP contribution in [0, 0.1) is 0 Å². The molecule has 0 radical (unpaired) electrons. The molecule has 0 aliphatic heterocycles. The minimum Gasteiger partial charge on any atom is -0.399 e. The molecular weight excluding hydrogens is 294 g/mol. The van der Waals surface area contributed by atoms with Crippen molar-refractivity contribution in [3.05, 3.63) is 46.4 Å². The molecule has 0 saturated heterocycles. The van der Waals surface area contributed by atoms with E-state index in [1.807, 2.05) is 12.3 Å². The first-order valence-corrected chi connectivity index (χ1v) is 8.77. The summed E-state index contributed by atoms with van der Waals surface area (Å²) < 4.78 is 27.1. The molecule has 2 aromatic rings. The lowest BCUT2D eigenvalue weighted by Gasteiger charge is -2.14. The zero-order chi connectivity index (χ0) is 14.6. The molecule has 5 nitrogen and oxygen atoms in total. The van der Waals surface area contributed by atoms with Crippen LogP contribution in [0.1, 0.15) is 30.0 Å². The van der Waals surface area contributed by atoms with E-state index in [0.717, 1.165) is 5.01 Å². The molecule has 0 spiro atoms. The lowest BCUT2D eigenvalue weighted by molar-refractivity contribution is 0.548. The molecule has 0 aliphatic carbocycles. The van der Waals surface area contributed by atoms with Gasteiger partial charge in [-0.15, -0.1) is 11.3 Å². The van der Waals surface area contributed by atoms with E-state index in [0.29, 0.717) is 17.7 Å². The Labute approximate surface area is 122 Å². The second-order valence-electron chi connectivity index (χ2n) is 4.45. The van der Waals surface area contributed by atoms with Gasteiger partial charge < -0.3 is 5.73 Å². The molecule has 0 fully saturated rings. The van der Waals surface area contributed by atoms with E-state index in [2.05, 4.69) is 9.71 Å². The standard InChI is InChI=1S/C13H17N3O2S2/c1-2-12(13-15-6-7-19-13)16-20(17,18)9-10-4-3-5-11(14)8-10/h3-8,12,16H,2,9,14H2,1H3. The maximum absolute atomic E-state index is 12.2. The molecule has 1 atom stereocenters. The Bertz CT molecular complexity index is 654. The van der Waals surface area contributed by atoms with Gasteiger partial charge in [-0.25, -0.2) is 18.1 Å². The maximum Gasteiger partial charge on any atom is 0.216 e. The summed E-state index contributed by atoms with van der Waals surface area (Å²) in [5.41, 5.74) is 6.89. The highest BCUT2D eigenvalue weighted by Gasteiger charge is 2.20. The second kappa shape index (κ2) is 6.34. The first kappa shape index (κ1) is 15.0. The summed E-state index contributed by atoms with van der Waals surface area (Å²) >= 11 is 1.45. The van der Waals surface area contributed by atoms with Crippen molar-refractivity contribution in [2.75, 3.05) is 5.73 Å². The number of anilines is 1. The van der Waals surface area contributed by atoms with E-state index in [4.69, 9.17) is 5.73 Å². The van der Waals surface area contributed by atoms with Crippen molar-refractivity contribution >= 4 is 27.0 Å². The Morgan fingerprint density at radius 3 is 2.85 bits per heavy atom. The SMILES string of the molecule is CCC(NS(=O)(=O)Cc1cccc(N)c1)c1nccs1. The molecule has 0 aliphatic rings. The van der Waals surface area contributed by atoms with Crippen molar-refractivity contribution < 1.29 is 8.42 Å². The predicted octanol–water partition coefficient (Wildman–Crippen LogP) is 2.30. The Hall–Kier alpha value is -1.44. The van der Waals surface area contributed by atoms with Crippen molar-refractivity contribution in [1.82, 2.24) is 9.71 Å². The fraction of sp³-hybridized carbons (Fsp3) is 0.308. The van der Waals surface area contributed by atoms with Crippen molar-refractivity contribution in [2.45, 2.75) is 25.1 Å². The summed E-state index contributed by atoms with van der Waals surface area (Å²) in [7, 11) is -3.43. The van der Waals surface area contributed by atoms with Gasteiger partial charge in [0.1, 0.15) is 5.01 Å². The van der Waals surface area contributed by atoms with Gasteiger partial charge in [0, 0.05) is 17.3 Å². The number of hydrogen-bond acceptors (Lipinski definition) is 5. The molecule has 0 bridgehead atoms. The van der Waals surface area contributed by atoms with Gasteiger partial charge in [0.15, 0.2) is 0 Å². The average molecular weight is 311 g/mol. The van der Waals surface area contributed by atoms with Crippen molar-refractivity contribution in [2.24, 2.45) is 0 Å². The maximum atomic E-state index is 12.2. The lowest BCUT2D eigenvalue weighted by Crippen LogP contribution is -2.29. The first-order chi connectivity index (χ1) is 9.50. The minimum atomic E-state index is -3.43. The van der Waals surface area contributed by atoms with Crippen LogP contribution in [0.15, 0.2) is 35.8 Å². The molecule has 1 heterocycles. The van der Waals surface area contributed by atoms with Crippen LogP contribution >= 0.6 is 11.3 Å². The number of rotatable bonds is 6. The van der Waals surface area contributed by atoms with Crippen LogP contribution in [-0.2, 0) is 15.8 Å². The lowest BCUT2D eigenvalue weighted by atomic mass is 10.2. The third kappa shape index (κ3) is 4.03. The molecular formula is C13H17N3O2S2. The Morgan fingerprint density at radius 1 is 1.45 bits per heavy atom. The largest absolute Gasteiger partial charge is 0.399 e. The zero-order valence-electron chi connectivity index (χ0n) is 11.1. The predicted molar refractivity (Wildman–Crippen MR) is 81.8 cm³/mol. The molecule has 0 saturated carbocycles. The number of nitrogens with two attached hydrogens (primary N) is 1. The summed E-state index contributed by atoms with van der Waals surface area (Å²) in [6.07, 6.45) is 2.33. The number of benzene rings is 1. The van der Waals surface area contributed by atoms with E-state index >= 15 is 0 Å². The number of nitrogens with one attached hydrogen (secondary N) is 1. The molecule has 1 aromatic heterocycles. The zero-order valence-corrected chi connectivity index (χ0v) is 12.7. The van der Waals surface area contributed by atoms with Crippen LogP contribution in [-0.4, -0.2) is 13.4 Å². The second-order valence-corrected chi connectivity index (χ2v) is 7.13. The van der Waals surface area contributed by atoms with E-state index in [9.17, 15) is 8.42 Å². The van der Waals surface area contributed by atoms with E-state index in [1.54, 1.807) is 30.5 Å². The first-order valence-electron chi connectivity index (χ1n) is 6.24. The van der Waals surface area contributed by atoms with Gasteiger partial charge in [0.25, 0.3) is 0 Å². The molecule has 2 rings (SSSR count). The van der Waals surface area contributed by atoms with Gasteiger partial charge >= 0.3 is 0 Å². The molecule has 7 heteroatoms. The van der Waals surface area contributed by atoms with Crippen LogP contribution in [0.25, 0.3) is 0 Å². The van der Waals surface area contributed by atoms with Gasteiger partial charge in [-0.3, -0.25) is 0 Å². The molecule has 3 N–H and O–H groups in total. The van der Waals surface area contributed by atoms with Crippen LogP contribution in [0.4, 0.5) is 5.69 Å². The topological polar surface area (TPSA) is 85.1 Å². The Kier molecular flexibility index (Phi) is 4.74. The number of hydrogen-bond donors (Lipinski definition) is 2. The number of thiazole rings is 1. The van der Waals surface area contributed by atoms with Gasteiger partial charge in [0.05, 0.1) is 11.8 Å². The van der Waals surface area contributed by atoms with Gasteiger partial charge in [-0.1, -0.05) is 19.1 Å². The van der Waals surface area contributed by atoms with Gasteiger partial charge in [-0.05, 0) is 24.1 Å². The normalized spacial score (nSPS) is 13.2. The van der Waals surface area contributed by atoms with Gasteiger partial charge in [-0.2, -0.15) is 0 Å². The monoisotopic (exact) mass is 311 g/mol. The van der Waals surface area contributed by atoms with Crippen LogP contribution in [0.2, 0.25) is 0 Å². The Morgan fingerprint density at radius 2 is 2.25 bits per heavy atom. The summed E-state index contributed by atoms with van der Waals surface area (Å²) in [4.78, 5) is 4.16. The fourth-order valence-electron chi connectivity index (χ4n) is 1.88. The van der Waals surface area contributed by atoms with Crippen molar-refractivity contribution in [1.29, 1.82) is 0 Å². The van der Waals surface area contributed by atoms with Crippen molar-refractivity contribution in [3.63, 3.8) is 0 Å². The molecule has 0 amide bonds. The minimum absolute atomic E-state index is 0.0834. The molecule has 1 unspecified atom stereocenters. The number of sulfonamides is 1. The van der Waals surface area contributed by atoms with Crippen LogP contribution in [0.3, 0.4) is 0 Å². The van der Waals surface area contributed by atoms with Crippen molar-refractivity contribution in [3.8, 4) is 0 Å². The molecule has 20 heavy (non-hydrogen) atoms. The molecule has 108 valence electrons. The summed E-state index contributed by atoms with van der Waals surface area (Å²) in [6, 6.07) is 6.62. The summed E-state index contributed by atoms with van der Waals surface area (Å²) in [6.45, 7) is 1.93. The Balaban J connectivity index is 2.11. The summed E-state index contributed by atoms with van der Waals surface area (Å²) in [5, 5.41) is 2.62. The fourth-order valence-corrected chi connectivity index (χ4v) is 4.14. The third-order valence-electron chi connectivity index (χ3n) is 2.79. The van der Waals surface area contributed by atoms with E-state index < -0.39 is 10.0 Å². The van der Waals surface area contributed by atoms with E-state index in [1.165, 1.54) is 11.3 Å². The third-order valence-corrected chi connectivity index (χ3v) is 5.03.